The molecule has 1 aromatic rings. The van der Waals surface area contributed by atoms with Crippen molar-refractivity contribution in [1.82, 2.24) is 10.2 Å². The quantitative estimate of drug-likeness (QED) is 0.930. The summed E-state index contributed by atoms with van der Waals surface area (Å²) in [5, 5.41) is 3.28. The van der Waals surface area contributed by atoms with Crippen LogP contribution in [-0.2, 0) is 17.8 Å². The van der Waals surface area contributed by atoms with Gasteiger partial charge in [0.25, 0.3) is 0 Å². The maximum absolute atomic E-state index is 12.6. The number of rotatable bonds is 3. The average molecular weight is 300 g/mol. The fraction of sp³-hybridized carbons (Fsp3) is 0.632. The van der Waals surface area contributed by atoms with Gasteiger partial charge in [0.1, 0.15) is 0 Å². The number of nitrogens with one attached hydrogen (secondary N) is 1. The monoisotopic (exact) mass is 300 g/mol. The lowest BCUT2D eigenvalue weighted by molar-refractivity contribution is -0.127. The molecule has 1 fully saturated rings. The summed E-state index contributed by atoms with van der Waals surface area (Å²) in [7, 11) is 0. The topological polar surface area (TPSA) is 32.3 Å². The molecular weight excluding hydrogens is 272 g/mol. The van der Waals surface area contributed by atoms with Gasteiger partial charge in [0.15, 0.2) is 0 Å². The SMILES string of the molecule is CC1CCC(NC(=O)C(C)N2CCc3ccccc3C2)CC1. The van der Waals surface area contributed by atoms with Gasteiger partial charge >= 0.3 is 0 Å². The lowest BCUT2D eigenvalue weighted by Gasteiger charge is -2.34. The van der Waals surface area contributed by atoms with Crippen molar-refractivity contribution in [3.8, 4) is 0 Å². The first-order valence-electron chi connectivity index (χ1n) is 8.74. The maximum Gasteiger partial charge on any atom is 0.237 e. The molecule has 1 unspecified atom stereocenters. The molecule has 1 aromatic carbocycles. The van der Waals surface area contributed by atoms with Crippen molar-refractivity contribution in [2.75, 3.05) is 6.54 Å². The standard InChI is InChI=1S/C19H28N2O/c1-14-7-9-18(10-8-14)20-19(22)15(2)21-12-11-16-5-3-4-6-17(16)13-21/h3-6,14-15,18H,7-13H2,1-2H3,(H,20,22). The summed E-state index contributed by atoms with van der Waals surface area (Å²) in [4.78, 5) is 14.9. The molecule has 0 aromatic heterocycles. The van der Waals surface area contributed by atoms with Crippen LogP contribution in [0.2, 0.25) is 0 Å². The number of hydrogen-bond acceptors (Lipinski definition) is 2. The summed E-state index contributed by atoms with van der Waals surface area (Å²) in [5.74, 6) is 1.03. The molecule has 1 heterocycles. The molecule has 3 heteroatoms. The molecule has 0 spiro atoms. The molecule has 3 nitrogen and oxygen atoms in total. The molecule has 1 N–H and O–H groups in total. The predicted octanol–water partition coefficient (Wildman–Crippen LogP) is 3.13. The Bertz CT molecular complexity index is 520. The maximum atomic E-state index is 12.6. The third-order valence-electron chi connectivity index (χ3n) is 5.45. The highest BCUT2D eigenvalue weighted by molar-refractivity contribution is 5.81. The van der Waals surface area contributed by atoms with Gasteiger partial charge in [-0.3, -0.25) is 9.69 Å². The number of fused-ring (bicyclic) bond motifs is 1. The number of amides is 1. The Morgan fingerprint density at radius 1 is 1.18 bits per heavy atom. The van der Waals surface area contributed by atoms with Crippen molar-refractivity contribution in [3.05, 3.63) is 35.4 Å². The van der Waals surface area contributed by atoms with E-state index in [1.165, 1.54) is 24.0 Å². The van der Waals surface area contributed by atoms with Crippen LogP contribution in [0.3, 0.4) is 0 Å². The number of benzene rings is 1. The van der Waals surface area contributed by atoms with Crippen LogP contribution in [0.4, 0.5) is 0 Å². The highest BCUT2D eigenvalue weighted by Gasteiger charge is 2.27. The predicted molar refractivity (Wildman–Crippen MR) is 89.6 cm³/mol. The Labute approximate surface area is 134 Å². The second-order valence-electron chi connectivity index (χ2n) is 7.13. The first-order valence-corrected chi connectivity index (χ1v) is 8.74. The second kappa shape index (κ2) is 6.82. The minimum absolute atomic E-state index is 0.0345. The number of hydrogen-bond donors (Lipinski definition) is 1. The molecule has 1 saturated carbocycles. The van der Waals surface area contributed by atoms with Crippen molar-refractivity contribution in [2.24, 2.45) is 5.92 Å². The number of carbonyl (C=O) groups excluding carboxylic acids is 1. The molecule has 120 valence electrons. The van der Waals surface area contributed by atoms with Crippen LogP contribution < -0.4 is 5.32 Å². The zero-order chi connectivity index (χ0) is 15.5. The fourth-order valence-corrected chi connectivity index (χ4v) is 3.74. The van der Waals surface area contributed by atoms with E-state index in [9.17, 15) is 4.79 Å². The van der Waals surface area contributed by atoms with Crippen molar-refractivity contribution in [3.63, 3.8) is 0 Å². The summed E-state index contributed by atoms with van der Waals surface area (Å²) in [6.45, 7) is 6.24. The lowest BCUT2D eigenvalue weighted by atomic mass is 9.87. The molecule has 0 bridgehead atoms. The average Bonchev–Trinajstić information content (AvgIpc) is 2.55. The Hall–Kier alpha value is -1.35. The van der Waals surface area contributed by atoms with E-state index in [2.05, 4.69) is 48.3 Å². The summed E-state index contributed by atoms with van der Waals surface area (Å²) in [6, 6.07) is 8.95. The Morgan fingerprint density at radius 3 is 2.59 bits per heavy atom. The highest BCUT2D eigenvalue weighted by atomic mass is 16.2. The minimum Gasteiger partial charge on any atom is -0.352 e. The number of nitrogens with zero attached hydrogens (tertiary/aromatic N) is 1. The van der Waals surface area contributed by atoms with E-state index in [-0.39, 0.29) is 11.9 Å². The molecule has 1 amide bonds. The molecule has 1 aliphatic carbocycles. The molecule has 0 radical (unpaired) electrons. The van der Waals surface area contributed by atoms with Gasteiger partial charge in [-0.05, 0) is 56.1 Å². The van der Waals surface area contributed by atoms with Gasteiger partial charge in [-0.25, -0.2) is 0 Å². The summed E-state index contributed by atoms with van der Waals surface area (Å²) < 4.78 is 0. The van der Waals surface area contributed by atoms with Gasteiger partial charge < -0.3 is 5.32 Å². The van der Waals surface area contributed by atoms with E-state index < -0.39 is 0 Å². The van der Waals surface area contributed by atoms with Gasteiger partial charge in [0.2, 0.25) is 5.91 Å². The van der Waals surface area contributed by atoms with Crippen LogP contribution in [0, 0.1) is 5.92 Å². The first-order chi connectivity index (χ1) is 10.6. The highest BCUT2D eigenvalue weighted by Crippen LogP contribution is 2.24. The molecule has 1 atom stereocenters. The molecule has 2 aliphatic rings. The van der Waals surface area contributed by atoms with E-state index in [0.29, 0.717) is 6.04 Å². The lowest BCUT2D eigenvalue weighted by Crippen LogP contribution is -2.50. The Kier molecular flexibility index (Phi) is 4.82. The van der Waals surface area contributed by atoms with E-state index in [1.807, 2.05) is 0 Å². The Morgan fingerprint density at radius 2 is 1.86 bits per heavy atom. The van der Waals surface area contributed by atoms with E-state index >= 15 is 0 Å². The molecule has 0 saturated heterocycles. The van der Waals surface area contributed by atoms with E-state index in [1.54, 1.807) is 0 Å². The van der Waals surface area contributed by atoms with E-state index in [4.69, 9.17) is 0 Å². The summed E-state index contributed by atoms with van der Waals surface area (Å²) in [5.41, 5.74) is 2.81. The van der Waals surface area contributed by atoms with Crippen LogP contribution in [0.5, 0.6) is 0 Å². The normalized spacial score (nSPS) is 27.0. The molecule has 22 heavy (non-hydrogen) atoms. The van der Waals surface area contributed by atoms with Crippen LogP contribution in [0.1, 0.15) is 50.7 Å². The van der Waals surface area contributed by atoms with Crippen molar-refractivity contribution < 1.29 is 4.79 Å². The fourth-order valence-electron chi connectivity index (χ4n) is 3.74. The van der Waals surface area contributed by atoms with Crippen molar-refractivity contribution in [1.29, 1.82) is 0 Å². The number of carbonyl (C=O) groups is 1. The third-order valence-corrected chi connectivity index (χ3v) is 5.45. The zero-order valence-electron chi connectivity index (χ0n) is 13.8. The molecular formula is C19H28N2O. The summed E-state index contributed by atoms with van der Waals surface area (Å²) in [6.07, 6.45) is 5.83. The molecule has 3 rings (SSSR count). The van der Waals surface area contributed by atoms with Crippen molar-refractivity contribution in [2.45, 2.75) is 64.6 Å². The second-order valence-corrected chi connectivity index (χ2v) is 7.13. The van der Waals surface area contributed by atoms with Crippen LogP contribution >= 0.6 is 0 Å². The Balaban J connectivity index is 1.55. The van der Waals surface area contributed by atoms with E-state index in [0.717, 1.165) is 38.3 Å². The zero-order valence-corrected chi connectivity index (χ0v) is 13.8. The van der Waals surface area contributed by atoms with Gasteiger partial charge in [-0.15, -0.1) is 0 Å². The van der Waals surface area contributed by atoms with Crippen molar-refractivity contribution >= 4 is 5.91 Å². The van der Waals surface area contributed by atoms with Gasteiger partial charge in [-0.2, -0.15) is 0 Å². The summed E-state index contributed by atoms with van der Waals surface area (Å²) >= 11 is 0. The third kappa shape index (κ3) is 3.52. The van der Waals surface area contributed by atoms with Gasteiger partial charge in [0.05, 0.1) is 6.04 Å². The smallest absolute Gasteiger partial charge is 0.237 e. The minimum atomic E-state index is -0.0345. The van der Waals surface area contributed by atoms with Crippen LogP contribution in [0.25, 0.3) is 0 Å². The molecule has 1 aliphatic heterocycles. The van der Waals surface area contributed by atoms with Gasteiger partial charge in [0, 0.05) is 19.1 Å². The van der Waals surface area contributed by atoms with Gasteiger partial charge in [-0.1, -0.05) is 31.2 Å². The van der Waals surface area contributed by atoms with Crippen LogP contribution in [0.15, 0.2) is 24.3 Å². The first kappa shape index (κ1) is 15.5. The van der Waals surface area contributed by atoms with Crippen LogP contribution in [-0.4, -0.2) is 29.4 Å². The largest absolute Gasteiger partial charge is 0.352 e.